The van der Waals surface area contributed by atoms with Gasteiger partial charge in [-0.1, -0.05) is 12.3 Å². The largest absolute Gasteiger partial charge is 1.00 e. The van der Waals surface area contributed by atoms with Crippen molar-refractivity contribution in [3.8, 4) is 0 Å². The van der Waals surface area contributed by atoms with Crippen molar-refractivity contribution in [2.75, 3.05) is 5.75 Å². The Morgan fingerprint density at radius 1 is 1.58 bits per heavy atom. The molecule has 0 amide bonds. The minimum Gasteiger partial charge on any atom is -0.478 e. The van der Waals surface area contributed by atoms with E-state index in [0.29, 0.717) is 0 Å². The third-order valence-electron chi connectivity index (χ3n) is 0.433. The Kier molecular flexibility index (Phi) is 13.8. The molecule has 0 aromatic heterocycles. The van der Waals surface area contributed by atoms with E-state index in [1.165, 1.54) is 0 Å². The molecule has 0 bridgehead atoms. The van der Waals surface area contributed by atoms with Gasteiger partial charge in [0.1, 0.15) is 0 Å². The molecule has 0 heterocycles. The molecule has 7 heteroatoms. The van der Waals surface area contributed by atoms with Gasteiger partial charge in [-0.05, 0) is 0 Å². The molecule has 0 unspecified atom stereocenters. The van der Waals surface area contributed by atoms with E-state index in [4.69, 9.17) is 9.66 Å². The van der Waals surface area contributed by atoms with Gasteiger partial charge in [0, 0.05) is 6.08 Å². The van der Waals surface area contributed by atoms with Crippen LogP contribution in [0.5, 0.6) is 0 Å². The van der Waals surface area contributed by atoms with Crippen LogP contribution in [0.25, 0.3) is 0 Å². The summed E-state index contributed by atoms with van der Waals surface area (Å²) in [6.45, 7) is 5.88. The molecule has 0 aliphatic carbocycles. The molecule has 0 saturated heterocycles. The predicted octanol–water partition coefficient (Wildman–Crippen LogP) is -3.03. The zero-order valence-electron chi connectivity index (χ0n) is 6.73. The first-order valence-electron chi connectivity index (χ1n) is 2.43. The van der Waals surface area contributed by atoms with Crippen LogP contribution in [0.2, 0.25) is 0 Å². The molecule has 0 rings (SSSR count). The minimum atomic E-state index is -3.77. The van der Waals surface area contributed by atoms with Gasteiger partial charge in [-0.2, -0.15) is 0 Å². The maximum Gasteiger partial charge on any atom is 1.00 e. The van der Waals surface area contributed by atoms with Gasteiger partial charge in [-0.3, -0.25) is 4.55 Å². The summed E-state index contributed by atoms with van der Waals surface area (Å²) in [5, 5.41) is 7.60. The average molecular weight is 204 g/mol. The molecule has 0 fully saturated rings. The molecular weight excluding hydrogens is 195 g/mol. The second-order valence-corrected chi connectivity index (χ2v) is 2.90. The van der Waals surface area contributed by atoms with Crippen molar-refractivity contribution in [1.82, 2.24) is 0 Å². The fourth-order valence-electron chi connectivity index (χ4n) is 0. The first-order valence-corrected chi connectivity index (χ1v) is 4.04. The summed E-state index contributed by atoms with van der Waals surface area (Å²) < 4.78 is 26.7. The minimum absolute atomic E-state index is 0. The number of carboxylic acid groups (broad SMARTS) is 1. The van der Waals surface area contributed by atoms with E-state index in [-0.39, 0.29) is 29.6 Å². The van der Waals surface area contributed by atoms with Crippen LogP contribution < -0.4 is 29.6 Å². The molecule has 2 N–H and O–H groups in total. The van der Waals surface area contributed by atoms with Crippen molar-refractivity contribution in [2.45, 2.75) is 0 Å². The fraction of sp³-hybridized carbons (Fsp3) is 0.200. The summed E-state index contributed by atoms with van der Waals surface area (Å²) in [5.41, 5.74) is 0. The summed E-state index contributed by atoms with van der Waals surface area (Å²) in [7, 11) is -3.77. The summed E-state index contributed by atoms with van der Waals surface area (Å²) in [4.78, 5) is 9.25. The first-order chi connectivity index (χ1) is 4.83. The Bertz CT molecular complexity index is 220. The molecule has 0 radical (unpaired) electrons. The quantitative estimate of drug-likeness (QED) is 0.216. The van der Waals surface area contributed by atoms with Gasteiger partial charge >= 0.3 is 35.5 Å². The predicted molar refractivity (Wildman–Crippen MR) is 39.6 cm³/mol. The Hall–Kier alpha value is 0.120. The van der Waals surface area contributed by atoms with Crippen LogP contribution in [-0.4, -0.2) is 29.8 Å². The zero-order valence-corrected chi connectivity index (χ0v) is 9.54. The molecule has 0 saturated carbocycles. The number of rotatable bonds is 2. The molecule has 12 heavy (non-hydrogen) atoms. The maximum absolute atomic E-state index is 9.49. The van der Waals surface area contributed by atoms with Crippen molar-refractivity contribution in [3.63, 3.8) is 0 Å². The van der Waals surface area contributed by atoms with Crippen molar-refractivity contribution in [3.05, 3.63) is 19.6 Å². The van der Waals surface area contributed by atoms with Crippen LogP contribution in [0, 0.1) is 6.92 Å². The SMILES string of the molecule is C=CC(=O)O.[CH2-]CS(=O)(=O)O.[Na+]. The van der Waals surface area contributed by atoms with Gasteiger partial charge in [-0.25, -0.2) is 13.2 Å². The summed E-state index contributed by atoms with van der Waals surface area (Å²) in [6, 6.07) is 0. The molecule has 66 valence electrons. The smallest absolute Gasteiger partial charge is 0.478 e. The summed E-state index contributed by atoms with van der Waals surface area (Å²) in [6.07, 6.45) is 0.833. The second kappa shape index (κ2) is 9.21. The number of carboxylic acids is 1. The van der Waals surface area contributed by atoms with Crippen LogP contribution in [0.1, 0.15) is 0 Å². The van der Waals surface area contributed by atoms with Gasteiger partial charge in [0.05, 0.1) is 0 Å². The third-order valence-corrected chi connectivity index (χ3v) is 0.948. The van der Waals surface area contributed by atoms with Gasteiger partial charge in [-0.15, -0.1) is 0 Å². The standard InChI is InChI=1S/C3H4O2.C2H5O3S.Na/c1-2-3(4)5;1-2-6(3,4)5;/h2H,1H2,(H,4,5);1-2H2,(H,3,4,5);/q;-1;+1. The van der Waals surface area contributed by atoms with E-state index in [1.54, 1.807) is 0 Å². The Balaban J connectivity index is -0.000000126. The average Bonchev–Trinajstić information content (AvgIpc) is 1.88. The van der Waals surface area contributed by atoms with Gasteiger partial charge < -0.3 is 12.0 Å². The fourth-order valence-corrected chi connectivity index (χ4v) is 0. The summed E-state index contributed by atoms with van der Waals surface area (Å²) in [5.74, 6) is -1.43. The number of aliphatic carboxylic acids is 1. The van der Waals surface area contributed by atoms with Crippen LogP contribution in [0.15, 0.2) is 12.7 Å². The van der Waals surface area contributed by atoms with Crippen LogP contribution >= 0.6 is 0 Å². The molecule has 0 atom stereocenters. The second-order valence-electron chi connectivity index (χ2n) is 1.33. The normalized spacial score (nSPS) is 8.50. The van der Waals surface area contributed by atoms with Crippen LogP contribution in [0.4, 0.5) is 0 Å². The van der Waals surface area contributed by atoms with E-state index in [1.807, 2.05) is 0 Å². The molecule has 0 aromatic carbocycles. The van der Waals surface area contributed by atoms with E-state index < -0.39 is 21.8 Å². The number of hydrogen-bond acceptors (Lipinski definition) is 3. The number of carbonyl (C=O) groups is 1. The van der Waals surface area contributed by atoms with Gasteiger partial charge in [0.2, 0.25) is 10.1 Å². The van der Waals surface area contributed by atoms with Crippen molar-refractivity contribution in [1.29, 1.82) is 0 Å². The van der Waals surface area contributed by atoms with Gasteiger partial charge in [0.25, 0.3) is 0 Å². The molecule has 5 nitrogen and oxygen atoms in total. The molecule has 0 spiro atoms. The van der Waals surface area contributed by atoms with E-state index >= 15 is 0 Å². The van der Waals surface area contributed by atoms with Crippen molar-refractivity contribution in [2.24, 2.45) is 0 Å². The van der Waals surface area contributed by atoms with Crippen LogP contribution in [0.3, 0.4) is 0 Å². The molecule has 0 aromatic rings. The van der Waals surface area contributed by atoms with E-state index in [0.717, 1.165) is 6.08 Å². The van der Waals surface area contributed by atoms with Gasteiger partial charge in [0.15, 0.2) is 0 Å². The summed E-state index contributed by atoms with van der Waals surface area (Å²) >= 11 is 0. The third kappa shape index (κ3) is 32.1. The van der Waals surface area contributed by atoms with E-state index in [9.17, 15) is 13.2 Å². The topological polar surface area (TPSA) is 91.7 Å². The number of hydrogen-bond donors (Lipinski definition) is 2. The van der Waals surface area contributed by atoms with Crippen molar-refractivity contribution >= 4 is 16.1 Å². The van der Waals surface area contributed by atoms with Crippen LogP contribution in [-0.2, 0) is 14.9 Å². The van der Waals surface area contributed by atoms with E-state index in [2.05, 4.69) is 13.5 Å². The molecule has 0 aliphatic heterocycles. The molecule has 0 aliphatic rings. The maximum atomic E-state index is 9.49. The Morgan fingerprint density at radius 2 is 1.75 bits per heavy atom. The Morgan fingerprint density at radius 3 is 1.75 bits per heavy atom. The zero-order chi connectivity index (χ0) is 9.49. The monoisotopic (exact) mass is 204 g/mol. The first kappa shape index (κ1) is 18.0. The van der Waals surface area contributed by atoms with Crippen molar-refractivity contribution < 1.29 is 52.4 Å². The Labute approximate surface area is 93.5 Å². The molecular formula is C5H9NaO5S.